The van der Waals surface area contributed by atoms with Gasteiger partial charge in [0.05, 0.1) is 24.2 Å². The number of esters is 1. The van der Waals surface area contributed by atoms with E-state index in [1.165, 1.54) is 17.5 Å². The standard InChI is InChI=1S/C22H26N2O6S/c1-4-30-22(26)16-8-10-17(11-9-16)23-21(25)19-6-5-13-24(19)31(27,28)20-14-18(29-3)12-7-15(20)2/h7-12,14,19H,4-6,13H2,1-3H3,(H,23,25)/t19-/m0/s1. The molecule has 1 saturated heterocycles. The Morgan fingerprint density at radius 2 is 1.87 bits per heavy atom. The van der Waals surface area contributed by atoms with E-state index in [0.717, 1.165) is 0 Å². The number of amides is 1. The highest BCUT2D eigenvalue weighted by Crippen LogP contribution is 2.30. The highest BCUT2D eigenvalue weighted by molar-refractivity contribution is 7.89. The summed E-state index contributed by atoms with van der Waals surface area (Å²) < 4.78 is 38.0. The molecular formula is C22H26N2O6S. The van der Waals surface area contributed by atoms with Crippen molar-refractivity contribution in [1.29, 1.82) is 0 Å². The van der Waals surface area contributed by atoms with Gasteiger partial charge >= 0.3 is 5.97 Å². The summed E-state index contributed by atoms with van der Waals surface area (Å²) in [5, 5.41) is 2.75. The van der Waals surface area contributed by atoms with Crippen LogP contribution in [0, 0.1) is 6.92 Å². The number of hydrogen-bond donors (Lipinski definition) is 1. The number of hydrogen-bond acceptors (Lipinski definition) is 6. The Bertz CT molecular complexity index is 1070. The lowest BCUT2D eigenvalue weighted by molar-refractivity contribution is -0.119. The number of nitrogens with zero attached hydrogens (tertiary/aromatic N) is 1. The van der Waals surface area contributed by atoms with Crippen molar-refractivity contribution in [3.8, 4) is 5.75 Å². The second kappa shape index (κ2) is 9.49. The van der Waals surface area contributed by atoms with Gasteiger partial charge in [0.2, 0.25) is 15.9 Å². The van der Waals surface area contributed by atoms with Crippen molar-refractivity contribution in [2.75, 3.05) is 25.6 Å². The summed E-state index contributed by atoms with van der Waals surface area (Å²) in [7, 11) is -2.41. The maximum atomic E-state index is 13.3. The molecule has 1 heterocycles. The third kappa shape index (κ3) is 4.88. The molecule has 2 aromatic rings. The zero-order valence-electron chi connectivity index (χ0n) is 17.8. The molecular weight excluding hydrogens is 420 g/mol. The quantitative estimate of drug-likeness (QED) is 0.656. The molecule has 1 atom stereocenters. The van der Waals surface area contributed by atoms with Crippen molar-refractivity contribution < 1.29 is 27.5 Å². The highest BCUT2D eigenvalue weighted by atomic mass is 32.2. The van der Waals surface area contributed by atoms with Gasteiger partial charge in [-0.05, 0) is 62.6 Å². The number of carbonyl (C=O) groups is 2. The number of rotatable bonds is 7. The van der Waals surface area contributed by atoms with E-state index in [9.17, 15) is 18.0 Å². The number of carbonyl (C=O) groups excluding carboxylic acids is 2. The SMILES string of the molecule is CCOC(=O)c1ccc(NC(=O)[C@@H]2CCCN2S(=O)(=O)c2cc(OC)ccc2C)cc1. The molecule has 0 saturated carbocycles. The molecule has 31 heavy (non-hydrogen) atoms. The van der Waals surface area contributed by atoms with Crippen molar-refractivity contribution in [2.45, 2.75) is 37.6 Å². The molecule has 1 aliphatic heterocycles. The molecule has 1 amide bonds. The monoisotopic (exact) mass is 446 g/mol. The Labute approximate surface area is 182 Å². The lowest BCUT2D eigenvalue weighted by Crippen LogP contribution is -2.43. The maximum absolute atomic E-state index is 13.3. The van der Waals surface area contributed by atoms with E-state index >= 15 is 0 Å². The molecule has 9 heteroatoms. The third-order valence-corrected chi connectivity index (χ3v) is 7.20. The molecule has 0 aliphatic carbocycles. The van der Waals surface area contributed by atoms with E-state index < -0.39 is 27.9 Å². The Morgan fingerprint density at radius 1 is 1.16 bits per heavy atom. The summed E-state index contributed by atoms with van der Waals surface area (Å²) in [5.74, 6) is -0.418. The first-order chi connectivity index (χ1) is 14.8. The number of anilines is 1. The fourth-order valence-electron chi connectivity index (χ4n) is 3.53. The summed E-state index contributed by atoms with van der Waals surface area (Å²) in [6.45, 7) is 3.97. The summed E-state index contributed by atoms with van der Waals surface area (Å²) in [6, 6.07) is 10.3. The van der Waals surface area contributed by atoms with Crippen LogP contribution in [-0.2, 0) is 19.6 Å². The first-order valence-electron chi connectivity index (χ1n) is 10.0. The van der Waals surface area contributed by atoms with E-state index in [2.05, 4.69) is 5.32 Å². The normalized spacial score (nSPS) is 16.7. The fourth-order valence-corrected chi connectivity index (χ4v) is 5.43. The minimum absolute atomic E-state index is 0.130. The molecule has 3 rings (SSSR count). The average Bonchev–Trinajstić information content (AvgIpc) is 3.26. The van der Waals surface area contributed by atoms with Gasteiger partial charge in [0.1, 0.15) is 11.8 Å². The van der Waals surface area contributed by atoms with Gasteiger partial charge in [-0.2, -0.15) is 4.31 Å². The largest absolute Gasteiger partial charge is 0.497 e. The average molecular weight is 447 g/mol. The molecule has 0 radical (unpaired) electrons. The van der Waals surface area contributed by atoms with E-state index in [4.69, 9.17) is 9.47 Å². The third-order valence-electron chi connectivity index (χ3n) is 5.15. The minimum Gasteiger partial charge on any atom is -0.497 e. The fraction of sp³-hybridized carbons (Fsp3) is 0.364. The van der Waals surface area contributed by atoms with Crippen molar-refractivity contribution in [2.24, 2.45) is 0 Å². The van der Waals surface area contributed by atoms with E-state index in [1.54, 1.807) is 50.2 Å². The zero-order chi connectivity index (χ0) is 22.6. The van der Waals surface area contributed by atoms with Crippen LogP contribution >= 0.6 is 0 Å². The number of aryl methyl sites for hydroxylation is 1. The van der Waals surface area contributed by atoms with Gasteiger partial charge in [0, 0.05) is 18.3 Å². The molecule has 2 aromatic carbocycles. The first-order valence-corrected chi connectivity index (χ1v) is 11.5. The minimum atomic E-state index is -3.88. The molecule has 1 aliphatic rings. The second-order valence-corrected chi connectivity index (χ2v) is 9.05. The number of sulfonamides is 1. The molecule has 0 aromatic heterocycles. The summed E-state index contributed by atoms with van der Waals surface area (Å²) in [5.41, 5.74) is 1.43. The summed E-state index contributed by atoms with van der Waals surface area (Å²) in [4.78, 5) is 24.8. The second-order valence-electron chi connectivity index (χ2n) is 7.19. The van der Waals surface area contributed by atoms with Gasteiger partial charge in [-0.15, -0.1) is 0 Å². The Kier molecular flexibility index (Phi) is 6.97. The highest BCUT2D eigenvalue weighted by Gasteiger charge is 2.40. The Morgan fingerprint density at radius 3 is 2.52 bits per heavy atom. The number of methoxy groups -OCH3 is 1. The van der Waals surface area contributed by atoms with Crippen LogP contribution in [-0.4, -0.2) is 50.9 Å². The van der Waals surface area contributed by atoms with Gasteiger partial charge in [0.25, 0.3) is 0 Å². The van der Waals surface area contributed by atoms with Gasteiger partial charge in [-0.1, -0.05) is 6.07 Å². The smallest absolute Gasteiger partial charge is 0.338 e. The number of benzene rings is 2. The van der Waals surface area contributed by atoms with Crippen LogP contribution in [0.4, 0.5) is 5.69 Å². The van der Waals surface area contributed by atoms with E-state index in [1.807, 2.05) is 0 Å². The predicted octanol–water partition coefficient (Wildman–Crippen LogP) is 2.97. The van der Waals surface area contributed by atoms with Gasteiger partial charge in [-0.3, -0.25) is 4.79 Å². The summed E-state index contributed by atoms with van der Waals surface area (Å²) >= 11 is 0. The van der Waals surface area contributed by atoms with Crippen molar-refractivity contribution in [3.63, 3.8) is 0 Å². The first kappa shape index (κ1) is 22.8. The van der Waals surface area contributed by atoms with Crippen molar-refractivity contribution in [3.05, 3.63) is 53.6 Å². The molecule has 0 unspecified atom stereocenters. The molecule has 1 N–H and O–H groups in total. The molecule has 1 fully saturated rings. The zero-order valence-corrected chi connectivity index (χ0v) is 18.6. The Hall–Kier alpha value is -2.91. The van der Waals surface area contributed by atoms with Crippen molar-refractivity contribution in [1.82, 2.24) is 4.31 Å². The van der Waals surface area contributed by atoms with E-state index in [0.29, 0.717) is 35.4 Å². The topological polar surface area (TPSA) is 102 Å². The van der Waals surface area contributed by atoms with Gasteiger partial charge in [-0.25, -0.2) is 13.2 Å². The van der Waals surface area contributed by atoms with Crippen LogP contribution in [0.15, 0.2) is 47.4 Å². The van der Waals surface area contributed by atoms with Crippen molar-refractivity contribution >= 4 is 27.6 Å². The number of ether oxygens (including phenoxy) is 2. The molecule has 166 valence electrons. The van der Waals surface area contributed by atoms with Crippen LogP contribution in [0.5, 0.6) is 5.75 Å². The lowest BCUT2D eigenvalue weighted by Gasteiger charge is -2.24. The molecule has 0 bridgehead atoms. The predicted molar refractivity (Wildman–Crippen MR) is 116 cm³/mol. The number of nitrogens with one attached hydrogen (secondary N) is 1. The van der Waals surface area contributed by atoms with Crippen LogP contribution < -0.4 is 10.1 Å². The van der Waals surface area contributed by atoms with Crippen LogP contribution in [0.1, 0.15) is 35.7 Å². The summed E-state index contributed by atoms with van der Waals surface area (Å²) in [6.07, 6.45) is 1.01. The molecule has 8 nitrogen and oxygen atoms in total. The van der Waals surface area contributed by atoms with Crippen LogP contribution in [0.25, 0.3) is 0 Å². The lowest BCUT2D eigenvalue weighted by atomic mass is 10.2. The Balaban J connectivity index is 1.78. The van der Waals surface area contributed by atoms with E-state index in [-0.39, 0.29) is 18.0 Å². The molecule has 0 spiro atoms. The van der Waals surface area contributed by atoms with Crippen LogP contribution in [0.3, 0.4) is 0 Å². The van der Waals surface area contributed by atoms with Crippen LogP contribution in [0.2, 0.25) is 0 Å². The maximum Gasteiger partial charge on any atom is 0.338 e. The van der Waals surface area contributed by atoms with Gasteiger partial charge < -0.3 is 14.8 Å². The van der Waals surface area contributed by atoms with Gasteiger partial charge in [0.15, 0.2) is 0 Å².